The highest BCUT2D eigenvalue weighted by molar-refractivity contribution is 7.15. The van der Waals surface area contributed by atoms with E-state index in [1.807, 2.05) is 43.1 Å². The van der Waals surface area contributed by atoms with Gasteiger partial charge in [0.05, 0.1) is 17.4 Å². The second-order valence-electron chi connectivity index (χ2n) is 9.49. The molecule has 1 N–H and O–H groups in total. The maximum absolute atomic E-state index is 12.5. The number of ether oxygens (including phenoxy) is 1. The number of hydrogen-bond donors (Lipinski definition) is 1. The Hall–Kier alpha value is -2.91. The molecule has 1 saturated heterocycles. The molecule has 0 bridgehead atoms. The van der Waals surface area contributed by atoms with Crippen LogP contribution in [0.4, 0.5) is 10.9 Å². The van der Waals surface area contributed by atoms with Gasteiger partial charge in [-0.25, -0.2) is 4.98 Å². The third kappa shape index (κ3) is 5.95. The highest BCUT2D eigenvalue weighted by Gasteiger charge is 2.28. The molecule has 1 atom stereocenters. The summed E-state index contributed by atoms with van der Waals surface area (Å²) in [6.45, 7) is 9.34. The van der Waals surface area contributed by atoms with Gasteiger partial charge in [0, 0.05) is 55.5 Å². The fourth-order valence-electron chi connectivity index (χ4n) is 4.04. The first-order valence-electron chi connectivity index (χ1n) is 11.7. The molecule has 4 rings (SSSR count). The number of carbonyl (C=O) groups excluding carboxylic acids is 1. The topological polar surface area (TPSA) is 75.5 Å². The van der Waals surface area contributed by atoms with E-state index >= 15 is 0 Å². The predicted molar refractivity (Wildman–Crippen MR) is 138 cm³/mol. The van der Waals surface area contributed by atoms with Crippen molar-refractivity contribution in [3.05, 3.63) is 41.6 Å². The van der Waals surface area contributed by atoms with Crippen LogP contribution in [0.5, 0.6) is 5.88 Å². The summed E-state index contributed by atoms with van der Waals surface area (Å²) in [4.78, 5) is 26.8. The first kappa shape index (κ1) is 24.2. The van der Waals surface area contributed by atoms with Crippen LogP contribution in [0.2, 0.25) is 0 Å². The van der Waals surface area contributed by atoms with E-state index in [1.54, 1.807) is 17.4 Å². The van der Waals surface area contributed by atoms with Crippen molar-refractivity contribution >= 4 is 39.1 Å². The summed E-state index contributed by atoms with van der Waals surface area (Å²) in [5, 5.41) is 5.13. The van der Waals surface area contributed by atoms with Crippen LogP contribution >= 0.6 is 11.3 Å². The Morgan fingerprint density at radius 1 is 1.41 bits per heavy atom. The number of aromatic nitrogens is 3. The van der Waals surface area contributed by atoms with Gasteiger partial charge < -0.3 is 24.4 Å². The molecule has 3 aromatic heterocycles. The molecule has 0 aromatic carbocycles. The summed E-state index contributed by atoms with van der Waals surface area (Å²) in [5.41, 5.74) is 1.08. The first-order valence-corrected chi connectivity index (χ1v) is 12.6. The maximum Gasteiger partial charge on any atom is 0.246 e. The second-order valence-corrected chi connectivity index (χ2v) is 10.7. The molecular formula is C25H34N6O2S. The Morgan fingerprint density at radius 2 is 2.24 bits per heavy atom. The number of likely N-dealkylation sites (tertiary alicyclic amines) is 1. The summed E-state index contributed by atoms with van der Waals surface area (Å²) in [6, 6.07) is 4.13. The Labute approximate surface area is 205 Å². The Bertz CT molecular complexity index is 1170. The summed E-state index contributed by atoms with van der Waals surface area (Å²) in [5.74, 6) is 1.85. The van der Waals surface area contributed by atoms with Gasteiger partial charge in [0.1, 0.15) is 11.9 Å². The smallest absolute Gasteiger partial charge is 0.246 e. The van der Waals surface area contributed by atoms with E-state index in [0.717, 1.165) is 40.4 Å². The van der Waals surface area contributed by atoms with E-state index in [9.17, 15) is 4.79 Å². The van der Waals surface area contributed by atoms with Crippen molar-refractivity contribution in [2.45, 2.75) is 39.8 Å². The number of fused-ring (bicyclic) bond motifs is 1. The Balaban J connectivity index is 1.54. The maximum atomic E-state index is 12.5. The highest BCUT2D eigenvalue weighted by Crippen LogP contribution is 2.32. The monoisotopic (exact) mass is 482 g/mol. The lowest BCUT2D eigenvalue weighted by molar-refractivity contribution is -0.125. The molecule has 1 amide bonds. The lowest BCUT2D eigenvalue weighted by Gasteiger charge is -2.17. The van der Waals surface area contributed by atoms with Crippen LogP contribution in [0.25, 0.3) is 10.9 Å². The van der Waals surface area contributed by atoms with Gasteiger partial charge >= 0.3 is 0 Å². The third-order valence-electron chi connectivity index (χ3n) is 5.62. The quantitative estimate of drug-likeness (QED) is 0.459. The van der Waals surface area contributed by atoms with Crippen molar-refractivity contribution in [3.8, 4) is 5.88 Å². The zero-order valence-corrected chi connectivity index (χ0v) is 21.4. The van der Waals surface area contributed by atoms with Crippen LogP contribution in [0.3, 0.4) is 0 Å². The minimum absolute atomic E-state index is 0.0312. The van der Waals surface area contributed by atoms with Gasteiger partial charge in [0.15, 0.2) is 5.13 Å². The minimum atomic E-state index is -0.0901. The summed E-state index contributed by atoms with van der Waals surface area (Å²) < 4.78 is 8.65. The number of pyridine rings is 1. The number of carbonyl (C=O) groups is 1. The molecule has 0 saturated carbocycles. The normalized spacial score (nSPS) is 16.4. The molecule has 1 fully saturated rings. The molecule has 0 spiro atoms. The molecule has 0 radical (unpaired) electrons. The standard InChI is InChI=1S/C25H34N6O2S/c1-17(2)15-30-12-9-20-21(30)13-22(28-25-26-14-18(3)34-25)27-24(20)33-19-8-11-31(16-19)23(32)7-6-10-29(4)5/h6-7,9,12-14,17,19H,8,10-11,15-16H2,1-5H3,(H,26,27,28)/b7-6+/t19-/m0/s1. The average molecular weight is 483 g/mol. The molecule has 182 valence electrons. The van der Waals surface area contributed by atoms with Crippen molar-refractivity contribution in [1.29, 1.82) is 0 Å². The van der Waals surface area contributed by atoms with E-state index in [-0.39, 0.29) is 12.0 Å². The summed E-state index contributed by atoms with van der Waals surface area (Å²) in [6.07, 6.45) is 8.19. The van der Waals surface area contributed by atoms with Gasteiger partial charge in [-0.05, 0) is 33.0 Å². The molecule has 1 aliphatic rings. The average Bonchev–Trinajstić information content (AvgIpc) is 3.49. The predicted octanol–water partition coefficient (Wildman–Crippen LogP) is 4.30. The Morgan fingerprint density at radius 3 is 2.94 bits per heavy atom. The highest BCUT2D eigenvalue weighted by atomic mass is 32.1. The number of nitrogens with zero attached hydrogens (tertiary/aromatic N) is 5. The fraction of sp³-hybridized carbons (Fsp3) is 0.480. The van der Waals surface area contributed by atoms with Gasteiger partial charge in [0.2, 0.25) is 11.8 Å². The lowest BCUT2D eigenvalue weighted by atomic mass is 10.2. The molecule has 0 unspecified atom stereocenters. The van der Waals surface area contributed by atoms with Crippen molar-refractivity contribution in [2.24, 2.45) is 5.92 Å². The van der Waals surface area contributed by atoms with Crippen LogP contribution in [-0.4, -0.2) is 70.1 Å². The van der Waals surface area contributed by atoms with Gasteiger partial charge in [-0.15, -0.1) is 11.3 Å². The van der Waals surface area contributed by atoms with E-state index < -0.39 is 0 Å². The minimum Gasteiger partial charge on any atom is -0.472 e. The van der Waals surface area contributed by atoms with Crippen LogP contribution in [0.1, 0.15) is 25.1 Å². The van der Waals surface area contributed by atoms with E-state index in [0.29, 0.717) is 30.7 Å². The van der Waals surface area contributed by atoms with Crippen molar-refractivity contribution in [2.75, 3.05) is 39.0 Å². The number of hydrogen-bond acceptors (Lipinski definition) is 7. The van der Waals surface area contributed by atoms with Crippen molar-refractivity contribution < 1.29 is 9.53 Å². The van der Waals surface area contributed by atoms with Gasteiger partial charge in [-0.1, -0.05) is 19.9 Å². The molecule has 0 aliphatic carbocycles. The molecule has 1 aliphatic heterocycles. The number of anilines is 2. The van der Waals surface area contributed by atoms with E-state index in [4.69, 9.17) is 9.72 Å². The first-order chi connectivity index (χ1) is 16.3. The van der Waals surface area contributed by atoms with Crippen LogP contribution in [-0.2, 0) is 11.3 Å². The van der Waals surface area contributed by atoms with Gasteiger partial charge in [-0.3, -0.25) is 4.79 Å². The molecule has 34 heavy (non-hydrogen) atoms. The third-order valence-corrected chi connectivity index (χ3v) is 6.44. The van der Waals surface area contributed by atoms with Gasteiger partial charge in [-0.2, -0.15) is 4.98 Å². The molecule has 9 heteroatoms. The van der Waals surface area contributed by atoms with Crippen molar-refractivity contribution in [1.82, 2.24) is 24.3 Å². The fourth-order valence-corrected chi connectivity index (χ4v) is 4.71. The molecule has 8 nitrogen and oxygen atoms in total. The molecule has 4 heterocycles. The Kier molecular flexibility index (Phi) is 7.53. The van der Waals surface area contributed by atoms with Crippen molar-refractivity contribution in [3.63, 3.8) is 0 Å². The number of rotatable bonds is 9. The van der Waals surface area contributed by atoms with Crippen LogP contribution in [0, 0.1) is 12.8 Å². The summed E-state index contributed by atoms with van der Waals surface area (Å²) in [7, 11) is 3.96. The zero-order chi connectivity index (χ0) is 24.2. The number of likely N-dealkylation sites (N-methyl/N-ethyl adjacent to an activating group) is 1. The van der Waals surface area contributed by atoms with E-state index in [2.05, 4.69) is 47.0 Å². The SMILES string of the molecule is Cc1cnc(Nc2cc3c(ccn3CC(C)C)c(O[C@H]3CCN(C(=O)/C=C/CN(C)C)C3)n2)s1. The lowest BCUT2D eigenvalue weighted by Crippen LogP contribution is -2.29. The molecular weight excluding hydrogens is 448 g/mol. The van der Waals surface area contributed by atoms with Crippen LogP contribution in [0.15, 0.2) is 36.7 Å². The second kappa shape index (κ2) is 10.6. The van der Waals surface area contributed by atoms with Gasteiger partial charge in [0.25, 0.3) is 0 Å². The summed E-state index contributed by atoms with van der Waals surface area (Å²) >= 11 is 1.59. The number of amides is 1. The van der Waals surface area contributed by atoms with E-state index in [1.165, 1.54) is 0 Å². The largest absolute Gasteiger partial charge is 0.472 e. The number of thiazole rings is 1. The molecule has 3 aromatic rings. The van der Waals surface area contributed by atoms with Crippen LogP contribution < -0.4 is 10.1 Å². The zero-order valence-electron chi connectivity index (χ0n) is 20.6. The number of nitrogens with one attached hydrogen (secondary N) is 1. The number of aryl methyl sites for hydroxylation is 1.